The van der Waals surface area contributed by atoms with Gasteiger partial charge in [-0.3, -0.25) is 14.5 Å². The molecule has 1 saturated carbocycles. The maximum atomic E-state index is 14.6. The first-order chi connectivity index (χ1) is 23.9. The number of hydrogen-bond acceptors (Lipinski definition) is 6. The molecular weight excluding hydrogens is 653 g/mol. The van der Waals surface area contributed by atoms with Crippen LogP contribution >= 0.6 is 11.6 Å². The van der Waals surface area contributed by atoms with Crippen LogP contribution in [-0.4, -0.2) is 72.7 Å². The molecule has 1 saturated heterocycles. The van der Waals surface area contributed by atoms with E-state index in [0.717, 1.165) is 60.2 Å². The van der Waals surface area contributed by atoms with Crippen LogP contribution in [0.4, 0.5) is 10.2 Å². The summed E-state index contributed by atoms with van der Waals surface area (Å²) in [7, 11) is 1.63. The number of pyridine rings is 1. The lowest BCUT2D eigenvalue weighted by molar-refractivity contribution is -0.137. The molecule has 0 radical (unpaired) electrons. The minimum absolute atomic E-state index is 0.0630. The zero-order chi connectivity index (χ0) is 37.0. The molecule has 1 aromatic heterocycles. The summed E-state index contributed by atoms with van der Waals surface area (Å²) in [6, 6.07) is 13.3. The molecule has 5 rings (SSSR count). The van der Waals surface area contributed by atoms with Crippen molar-refractivity contribution in [2.24, 2.45) is 5.92 Å². The van der Waals surface area contributed by atoms with Crippen molar-refractivity contribution < 1.29 is 19.1 Å². The normalized spacial score (nSPS) is 15.2. The summed E-state index contributed by atoms with van der Waals surface area (Å²) >= 11 is 6.09. The number of rotatable bonds is 11. The van der Waals surface area contributed by atoms with Crippen LogP contribution in [0.3, 0.4) is 0 Å². The first-order valence-corrected chi connectivity index (χ1v) is 17.8. The van der Waals surface area contributed by atoms with E-state index in [9.17, 15) is 14.0 Å². The smallest absolute Gasteiger partial charge is 0.305 e. The lowest BCUT2D eigenvalue weighted by Gasteiger charge is -2.23. The van der Waals surface area contributed by atoms with Crippen molar-refractivity contribution in [2.75, 3.05) is 44.7 Å². The van der Waals surface area contributed by atoms with E-state index in [2.05, 4.69) is 52.1 Å². The Morgan fingerprint density at radius 1 is 1.02 bits per heavy atom. The van der Waals surface area contributed by atoms with Crippen molar-refractivity contribution in [1.29, 1.82) is 0 Å². The van der Waals surface area contributed by atoms with Crippen LogP contribution < -0.4 is 15.5 Å². The van der Waals surface area contributed by atoms with Crippen LogP contribution in [0.15, 0.2) is 42.5 Å². The number of terminal acetylenes is 1. The second-order valence-electron chi connectivity index (χ2n) is 13.5. The Kier molecular flexibility index (Phi) is 15.7. The van der Waals surface area contributed by atoms with Gasteiger partial charge in [-0.05, 0) is 124 Å². The van der Waals surface area contributed by atoms with Crippen molar-refractivity contribution in [3.63, 3.8) is 0 Å². The monoisotopic (exact) mass is 705 g/mol. The van der Waals surface area contributed by atoms with E-state index in [1.54, 1.807) is 26.1 Å². The second kappa shape index (κ2) is 19.4. The third-order valence-electron chi connectivity index (χ3n) is 9.06. The molecule has 0 spiro atoms. The number of anilines is 1. The van der Waals surface area contributed by atoms with Crippen molar-refractivity contribution >= 4 is 29.3 Å². The third kappa shape index (κ3) is 11.5. The maximum absolute atomic E-state index is 14.6. The number of aliphatic carboxylic acids is 1. The standard InChI is InChI=1S/C19H21ClFNO2.C19H30N4O.C2H2/c1-10-6-14(20)7-11(2)18(10)13-5-12(3)19(21)15(8-13)16(22-4)9-17(23)24;1-15(2)9-10-20-19(24)17-5-3-6-18(21-17)23-12-4-11-22(13-14-23)16-7-8-16;1-2/h5-8,16,22H,9H2,1-4H3,(H,23,24);3,5-6,15-16H,4,7-14H2,1-2H3,(H,20,24);1-2H. The number of nitrogens with one attached hydrogen (secondary N) is 2. The third-order valence-corrected chi connectivity index (χ3v) is 9.28. The van der Waals surface area contributed by atoms with E-state index in [4.69, 9.17) is 16.7 Å². The van der Waals surface area contributed by atoms with E-state index >= 15 is 0 Å². The summed E-state index contributed by atoms with van der Waals surface area (Å²) in [5, 5.41) is 15.6. The second-order valence-corrected chi connectivity index (χ2v) is 13.9. The molecule has 3 N–H and O–H groups in total. The number of carboxylic acid groups (broad SMARTS) is 1. The number of carbonyl (C=O) groups excluding carboxylic acids is 1. The number of hydrogen-bond donors (Lipinski definition) is 3. The molecule has 50 heavy (non-hydrogen) atoms. The topological polar surface area (TPSA) is 97.8 Å². The van der Waals surface area contributed by atoms with Crippen LogP contribution in [0.2, 0.25) is 5.02 Å². The van der Waals surface area contributed by atoms with Gasteiger partial charge in [-0.15, -0.1) is 12.8 Å². The van der Waals surface area contributed by atoms with Gasteiger partial charge in [0, 0.05) is 55.4 Å². The van der Waals surface area contributed by atoms with Gasteiger partial charge in [-0.2, -0.15) is 0 Å². The molecule has 2 aromatic carbocycles. The molecule has 1 atom stereocenters. The molecule has 1 amide bonds. The molecule has 2 heterocycles. The van der Waals surface area contributed by atoms with Gasteiger partial charge < -0.3 is 20.6 Å². The lowest BCUT2D eigenvalue weighted by atomic mass is 9.90. The van der Waals surface area contributed by atoms with Gasteiger partial charge in [-0.1, -0.05) is 31.5 Å². The number of aromatic nitrogens is 1. The molecule has 0 bridgehead atoms. The Balaban J connectivity index is 0.000000258. The summed E-state index contributed by atoms with van der Waals surface area (Å²) < 4.78 is 14.6. The predicted octanol–water partition coefficient (Wildman–Crippen LogP) is 7.59. The average Bonchev–Trinajstić information content (AvgIpc) is 3.93. The zero-order valence-electron chi connectivity index (χ0n) is 30.4. The van der Waals surface area contributed by atoms with Gasteiger partial charge in [-0.25, -0.2) is 9.37 Å². The number of carbonyl (C=O) groups is 2. The van der Waals surface area contributed by atoms with Crippen molar-refractivity contribution in [3.8, 4) is 24.0 Å². The summed E-state index contributed by atoms with van der Waals surface area (Å²) in [5.41, 5.74) is 5.23. The highest BCUT2D eigenvalue weighted by molar-refractivity contribution is 6.30. The average molecular weight is 706 g/mol. The molecule has 1 unspecified atom stereocenters. The first kappa shape index (κ1) is 40.5. The van der Waals surface area contributed by atoms with Crippen LogP contribution in [0.25, 0.3) is 11.1 Å². The Hall–Kier alpha value is -3.97. The van der Waals surface area contributed by atoms with Gasteiger partial charge in [0.15, 0.2) is 0 Å². The Morgan fingerprint density at radius 3 is 2.30 bits per heavy atom. The predicted molar refractivity (Wildman–Crippen MR) is 202 cm³/mol. The molecule has 10 heteroatoms. The highest BCUT2D eigenvalue weighted by atomic mass is 35.5. The summed E-state index contributed by atoms with van der Waals surface area (Å²) in [6.45, 7) is 15.0. The minimum Gasteiger partial charge on any atom is -0.481 e. The van der Waals surface area contributed by atoms with Crippen LogP contribution in [0.1, 0.15) is 84.7 Å². The molecule has 2 fully saturated rings. The highest BCUT2D eigenvalue weighted by Gasteiger charge is 2.30. The maximum Gasteiger partial charge on any atom is 0.305 e. The fourth-order valence-corrected chi connectivity index (χ4v) is 6.69. The molecule has 1 aliphatic heterocycles. The number of aryl methyl sites for hydroxylation is 3. The summed E-state index contributed by atoms with van der Waals surface area (Å²) in [6.07, 6.45) is 12.7. The van der Waals surface area contributed by atoms with Crippen LogP contribution in [-0.2, 0) is 4.79 Å². The summed E-state index contributed by atoms with van der Waals surface area (Å²) in [5.74, 6) is 0.117. The number of amides is 1. The number of nitrogens with zero attached hydrogens (tertiary/aromatic N) is 3. The van der Waals surface area contributed by atoms with E-state index in [-0.39, 0.29) is 18.1 Å². The van der Waals surface area contributed by atoms with Gasteiger partial charge in [0.2, 0.25) is 0 Å². The fourth-order valence-electron chi connectivity index (χ4n) is 6.37. The SMILES string of the molecule is C#C.CC(C)CCNC(=O)c1cccc(N2CCCN(C3CC3)CC2)n1.CNC(CC(=O)O)c1cc(-c2c(C)cc(Cl)cc2C)cc(C)c1F. The Bertz CT molecular complexity index is 1600. The molecule has 1 aliphatic carbocycles. The van der Waals surface area contributed by atoms with E-state index in [1.165, 1.54) is 25.8 Å². The molecule has 270 valence electrons. The highest BCUT2D eigenvalue weighted by Crippen LogP contribution is 2.34. The van der Waals surface area contributed by atoms with Gasteiger partial charge in [0.1, 0.15) is 17.3 Å². The van der Waals surface area contributed by atoms with Crippen molar-refractivity contribution in [3.05, 3.63) is 81.3 Å². The van der Waals surface area contributed by atoms with E-state index in [0.29, 0.717) is 34.3 Å². The number of benzene rings is 2. The molecule has 3 aromatic rings. The summed E-state index contributed by atoms with van der Waals surface area (Å²) in [4.78, 5) is 32.9. The van der Waals surface area contributed by atoms with E-state index < -0.39 is 12.0 Å². The lowest BCUT2D eigenvalue weighted by Crippen LogP contribution is -2.33. The molecule has 8 nitrogen and oxygen atoms in total. The Labute approximate surface area is 302 Å². The van der Waals surface area contributed by atoms with Crippen molar-refractivity contribution in [1.82, 2.24) is 20.5 Å². The molecule has 2 aliphatic rings. The quantitative estimate of drug-likeness (QED) is 0.177. The number of halogens is 2. The minimum atomic E-state index is -0.976. The fraction of sp³-hybridized carbons (Fsp3) is 0.475. The van der Waals surface area contributed by atoms with Crippen LogP contribution in [0, 0.1) is 45.4 Å². The number of carboxylic acids is 1. The van der Waals surface area contributed by atoms with E-state index in [1.807, 2.05) is 44.2 Å². The zero-order valence-corrected chi connectivity index (χ0v) is 31.1. The molecular formula is C40H53ClFN5O3. The van der Waals surface area contributed by atoms with Gasteiger partial charge in [0.05, 0.1) is 6.42 Å². The largest absolute Gasteiger partial charge is 0.481 e. The van der Waals surface area contributed by atoms with Gasteiger partial charge in [0.25, 0.3) is 5.91 Å². The Morgan fingerprint density at radius 2 is 1.70 bits per heavy atom. The van der Waals surface area contributed by atoms with Crippen molar-refractivity contribution in [2.45, 2.75) is 78.8 Å². The van der Waals surface area contributed by atoms with Crippen LogP contribution in [0.5, 0.6) is 0 Å². The van der Waals surface area contributed by atoms with Gasteiger partial charge >= 0.3 is 5.97 Å². The first-order valence-electron chi connectivity index (χ1n) is 17.4.